The van der Waals surface area contributed by atoms with Crippen LogP contribution in [0.4, 0.5) is 0 Å². The molecule has 0 heterocycles. The van der Waals surface area contributed by atoms with Gasteiger partial charge in [-0.25, -0.2) is 0 Å². The molecule has 0 atom stereocenters. The molecule has 2 rings (SSSR count). The van der Waals surface area contributed by atoms with Crippen molar-refractivity contribution in [2.75, 3.05) is 27.2 Å². The van der Waals surface area contributed by atoms with Crippen LogP contribution in [0.3, 0.4) is 0 Å². The van der Waals surface area contributed by atoms with Gasteiger partial charge in [0.1, 0.15) is 0 Å². The Kier molecular flexibility index (Phi) is 7.48. The number of carbonyl (C=O) groups excluding carboxylic acids is 1. The number of nitrogens with one attached hydrogen (secondary N) is 2. The van der Waals surface area contributed by atoms with Crippen molar-refractivity contribution in [3.05, 3.63) is 70.2 Å². The fraction of sp³-hybridized carbons (Fsp3) is 0.300. The number of amides is 1. The predicted octanol–water partition coefficient (Wildman–Crippen LogP) is 3.09. The summed E-state index contributed by atoms with van der Waals surface area (Å²) in [4.78, 5) is 18.4. The maximum absolute atomic E-state index is 12.1. The summed E-state index contributed by atoms with van der Waals surface area (Å²) in [5, 5.41) is 6.56. The van der Waals surface area contributed by atoms with Gasteiger partial charge in [0.15, 0.2) is 5.96 Å². The molecular weight excluding hydrogens is 348 g/mol. The van der Waals surface area contributed by atoms with E-state index in [9.17, 15) is 4.79 Å². The molecule has 0 saturated carbocycles. The summed E-state index contributed by atoms with van der Waals surface area (Å²) in [5.41, 5.74) is 2.94. The minimum atomic E-state index is -0.180. The largest absolute Gasteiger partial charge is 0.354 e. The molecule has 26 heavy (non-hydrogen) atoms. The van der Waals surface area contributed by atoms with Crippen molar-refractivity contribution in [3.8, 4) is 0 Å². The quantitative estimate of drug-likeness (QED) is 0.465. The molecule has 0 fully saturated rings. The Morgan fingerprint density at radius 2 is 1.73 bits per heavy atom. The first-order chi connectivity index (χ1) is 12.5. The first kappa shape index (κ1) is 19.8. The van der Waals surface area contributed by atoms with E-state index in [0.29, 0.717) is 23.7 Å². The SMILES string of the molecule is CN=C(NCCNC(=O)c1ccccc1Cl)N(C)Cc1ccc(C)cc1. The minimum absolute atomic E-state index is 0.180. The van der Waals surface area contributed by atoms with Gasteiger partial charge in [0, 0.05) is 33.7 Å². The van der Waals surface area contributed by atoms with E-state index in [1.165, 1.54) is 11.1 Å². The van der Waals surface area contributed by atoms with Crippen LogP contribution in [0.25, 0.3) is 0 Å². The summed E-state index contributed by atoms with van der Waals surface area (Å²) in [6.07, 6.45) is 0. The zero-order valence-corrected chi connectivity index (χ0v) is 16.2. The van der Waals surface area contributed by atoms with Crippen molar-refractivity contribution in [3.63, 3.8) is 0 Å². The van der Waals surface area contributed by atoms with Crippen LogP contribution < -0.4 is 10.6 Å². The second-order valence-corrected chi connectivity index (χ2v) is 6.46. The molecule has 0 spiro atoms. The van der Waals surface area contributed by atoms with E-state index in [1.807, 2.05) is 11.9 Å². The van der Waals surface area contributed by atoms with Crippen LogP contribution in [-0.4, -0.2) is 44.0 Å². The molecular formula is C20H25ClN4O. The van der Waals surface area contributed by atoms with Crippen molar-refractivity contribution < 1.29 is 4.79 Å². The Labute approximate surface area is 160 Å². The maximum atomic E-state index is 12.1. The van der Waals surface area contributed by atoms with Gasteiger partial charge in [-0.2, -0.15) is 0 Å². The predicted molar refractivity (Wildman–Crippen MR) is 108 cm³/mol. The average Bonchev–Trinajstić information content (AvgIpc) is 2.63. The topological polar surface area (TPSA) is 56.7 Å². The summed E-state index contributed by atoms with van der Waals surface area (Å²) in [6, 6.07) is 15.4. The smallest absolute Gasteiger partial charge is 0.252 e. The van der Waals surface area contributed by atoms with Crippen LogP contribution in [-0.2, 0) is 6.54 Å². The number of halogens is 1. The zero-order valence-electron chi connectivity index (χ0n) is 15.4. The summed E-state index contributed by atoms with van der Waals surface area (Å²) < 4.78 is 0. The van der Waals surface area contributed by atoms with Crippen molar-refractivity contribution in [1.82, 2.24) is 15.5 Å². The Hall–Kier alpha value is -2.53. The van der Waals surface area contributed by atoms with Gasteiger partial charge in [-0.15, -0.1) is 0 Å². The van der Waals surface area contributed by atoms with E-state index in [2.05, 4.69) is 46.8 Å². The third-order valence-corrected chi connectivity index (χ3v) is 4.26. The molecule has 5 nitrogen and oxygen atoms in total. The monoisotopic (exact) mass is 372 g/mol. The second kappa shape index (κ2) is 9.82. The molecule has 1 amide bonds. The molecule has 0 aliphatic rings. The molecule has 0 unspecified atom stereocenters. The van der Waals surface area contributed by atoms with Crippen LogP contribution in [0.5, 0.6) is 0 Å². The van der Waals surface area contributed by atoms with Crippen LogP contribution in [0.2, 0.25) is 5.02 Å². The molecule has 0 aliphatic heterocycles. The van der Waals surface area contributed by atoms with E-state index in [-0.39, 0.29) is 5.91 Å². The van der Waals surface area contributed by atoms with Gasteiger partial charge >= 0.3 is 0 Å². The number of rotatable bonds is 6. The molecule has 2 aromatic carbocycles. The van der Waals surface area contributed by atoms with Crippen molar-refractivity contribution in [2.24, 2.45) is 4.99 Å². The lowest BCUT2D eigenvalue weighted by atomic mass is 10.1. The van der Waals surface area contributed by atoms with E-state index in [1.54, 1.807) is 31.3 Å². The van der Waals surface area contributed by atoms with Gasteiger partial charge in [-0.1, -0.05) is 53.6 Å². The second-order valence-electron chi connectivity index (χ2n) is 6.05. The maximum Gasteiger partial charge on any atom is 0.252 e. The lowest BCUT2D eigenvalue weighted by Crippen LogP contribution is -2.42. The third kappa shape index (κ3) is 5.77. The molecule has 0 radical (unpaired) electrons. The highest BCUT2D eigenvalue weighted by Crippen LogP contribution is 2.14. The lowest BCUT2D eigenvalue weighted by molar-refractivity contribution is 0.0954. The van der Waals surface area contributed by atoms with Gasteiger partial charge in [0.25, 0.3) is 5.91 Å². The minimum Gasteiger partial charge on any atom is -0.354 e. The normalized spacial score (nSPS) is 11.2. The molecule has 2 aromatic rings. The number of benzene rings is 2. The zero-order chi connectivity index (χ0) is 18.9. The first-order valence-corrected chi connectivity index (χ1v) is 8.89. The van der Waals surface area contributed by atoms with Crippen LogP contribution in [0.1, 0.15) is 21.5 Å². The fourth-order valence-electron chi connectivity index (χ4n) is 2.52. The number of nitrogens with zero attached hydrogens (tertiary/aromatic N) is 2. The first-order valence-electron chi connectivity index (χ1n) is 8.51. The summed E-state index contributed by atoms with van der Waals surface area (Å²) >= 11 is 6.03. The van der Waals surface area contributed by atoms with Gasteiger partial charge in [0.2, 0.25) is 0 Å². The molecule has 0 saturated heterocycles. The number of carbonyl (C=O) groups is 1. The van der Waals surface area contributed by atoms with Crippen molar-refractivity contribution in [2.45, 2.75) is 13.5 Å². The van der Waals surface area contributed by atoms with E-state index >= 15 is 0 Å². The number of aliphatic imine (C=N–C) groups is 1. The molecule has 138 valence electrons. The van der Waals surface area contributed by atoms with Crippen molar-refractivity contribution in [1.29, 1.82) is 0 Å². The van der Waals surface area contributed by atoms with E-state index < -0.39 is 0 Å². The van der Waals surface area contributed by atoms with Crippen LogP contribution >= 0.6 is 11.6 Å². The number of hydrogen-bond donors (Lipinski definition) is 2. The molecule has 6 heteroatoms. The van der Waals surface area contributed by atoms with Gasteiger partial charge in [0.05, 0.1) is 10.6 Å². The highest BCUT2D eigenvalue weighted by Gasteiger charge is 2.09. The molecule has 0 aromatic heterocycles. The van der Waals surface area contributed by atoms with Crippen LogP contribution in [0, 0.1) is 6.92 Å². The van der Waals surface area contributed by atoms with Gasteiger partial charge in [-0.05, 0) is 24.6 Å². The summed E-state index contributed by atoms with van der Waals surface area (Å²) in [6.45, 7) is 3.87. The molecule has 0 aliphatic carbocycles. The lowest BCUT2D eigenvalue weighted by Gasteiger charge is -2.22. The number of aryl methyl sites for hydroxylation is 1. The molecule has 0 bridgehead atoms. The Morgan fingerprint density at radius 1 is 1.08 bits per heavy atom. The van der Waals surface area contributed by atoms with Gasteiger partial charge in [-0.3, -0.25) is 9.79 Å². The average molecular weight is 373 g/mol. The third-order valence-electron chi connectivity index (χ3n) is 3.93. The number of hydrogen-bond acceptors (Lipinski definition) is 2. The fourth-order valence-corrected chi connectivity index (χ4v) is 2.74. The Balaban J connectivity index is 1.78. The van der Waals surface area contributed by atoms with Gasteiger partial charge < -0.3 is 15.5 Å². The Morgan fingerprint density at radius 3 is 2.38 bits per heavy atom. The summed E-state index contributed by atoms with van der Waals surface area (Å²) in [7, 11) is 3.73. The van der Waals surface area contributed by atoms with Crippen LogP contribution in [0.15, 0.2) is 53.5 Å². The van der Waals surface area contributed by atoms with Crippen molar-refractivity contribution >= 4 is 23.5 Å². The standard InChI is InChI=1S/C20H25ClN4O/c1-15-8-10-16(11-9-15)14-25(3)20(22-2)24-13-12-23-19(26)17-6-4-5-7-18(17)21/h4-11H,12-14H2,1-3H3,(H,22,24)(H,23,26). The Bertz CT molecular complexity index is 759. The van der Waals surface area contributed by atoms with E-state index in [0.717, 1.165) is 12.5 Å². The highest BCUT2D eigenvalue weighted by atomic mass is 35.5. The highest BCUT2D eigenvalue weighted by molar-refractivity contribution is 6.33. The summed E-state index contributed by atoms with van der Waals surface area (Å²) in [5.74, 6) is 0.595. The number of guanidine groups is 1. The molecule has 2 N–H and O–H groups in total. The van der Waals surface area contributed by atoms with E-state index in [4.69, 9.17) is 11.6 Å².